The Labute approximate surface area is 373 Å². The Kier molecular flexibility index (Phi) is 48.6. The second-order valence-electron chi connectivity index (χ2n) is 18.2. The molecule has 0 spiro atoms. The van der Waals surface area contributed by atoms with Crippen LogP contribution in [0.25, 0.3) is 0 Å². The molecule has 0 radical (unpaired) electrons. The highest BCUT2D eigenvalue weighted by molar-refractivity contribution is 5.76. The summed E-state index contributed by atoms with van der Waals surface area (Å²) in [7, 11) is 0. The number of carbonyl (C=O) groups is 2. The molecule has 2 unspecified atom stereocenters. The molecule has 0 saturated carbocycles. The van der Waals surface area contributed by atoms with Gasteiger partial charge in [0.15, 0.2) is 0 Å². The number of nitrogens with one attached hydrogen (secondary N) is 1. The van der Waals surface area contributed by atoms with Gasteiger partial charge in [0, 0.05) is 12.8 Å². The number of hydrogen-bond donors (Lipinski definition) is 3. The lowest BCUT2D eigenvalue weighted by molar-refractivity contribution is -0.143. The summed E-state index contributed by atoms with van der Waals surface area (Å²) < 4.78 is 5.46. The molecule has 0 aliphatic heterocycles. The molecule has 60 heavy (non-hydrogen) atoms. The van der Waals surface area contributed by atoms with E-state index < -0.39 is 12.1 Å². The highest BCUT2D eigenvalue weighted by atomic mass is 16.5. The molecule has 0 aromatic heterocycles. The predicted molar refractivity (Wildman–Crippen MR) is 260 cm³/mol. The van der Waals surface area contributed by atoms with Gasteiger partial charge in [-0.1, -0.05) is 237 Å². The van der Waals surface area contributed by atoms with Crippen LogP contribution in [0.3, 0.4) is 0 Å². The van der Waals surface area contributed by atoms with E-state index in [1.807, 2.05) is 6.08 Å². The van der Waals surface area contributed by atoms with Crippen molar-refractivity contribution in [1.29, 1.82) is 0 Å². The van der Waals surface area contributed by atoms with Crippen LogP contribution in [0, 0.1) is 0 Å². The van der Waals surface area contributed by atoms with E-state index in [9.17, 15) is 19.8 Å². The number of hydrogen-bond acceptors (Lipinski definition) is 5. The Bertz CT molecular complexity index is 935. The topological polar surface area (TPSA) is 95.9 Å². The normalized spacial score (nSPS) is 12.8. The zero-order valence-electron chi connectivity index (χ0n) is 40.2. The first-order chi connectivity index (χ1) is 29.5. The number of aliphatic hydroxyl groups is 2. The lowest BCUT2D eigenvalue weighted by atomic mass is 10.0. The van der Waals surface area contributed by atoms with Gasteiger partial charge in [-0.3, -0.25) is 9.59 Å². The van der Waals surface area contributed by atoms with Crippen LogP contribution in [-0.4, -0.2) is 47.4 Å². The van der Waals surface area contributed by atoms with Gasteiger partial charge in [0.05, 0.1) is 25.4 Å². The van der Waals surface area contributed by atoms with Crippen molar-refractivity contribution < 1.29 is 24.5 Å². The summed E-state index contributed by atoms with van der Waals surface area (Å²) in [4.78, 5) is 24.5. The number of ether oxygens (including phenoxy) is 1. The molecule has 6 nitrogen and oxygen atoms in total. The molecule has 0 aliphatic carbocycles. The first-order valence-corrected chi connectivity index (χ1v) is 26.6. The third-order valence-corrected chi connectivity index (χ3v) is 12.2. The van der Waals surface area contributed by atoms with E-state index in [0.717, 1.165) is 57.8 Å². The van der Waals surface area contributed by atoms with Crippen molar-refractivity contribution in [3.8, 4) is 0 Å². The summed E-state index contributed by atoms with van der Waals surface area (Å²) in [5, 5.41) is 23.1. The molecule has 0 aromatic carbocycles. The van der Waals surface area contributed by atoms with Gasteiger partial charge in [0.1, 0.15) is 0 Å². The molecule has 1 amide bonds. The molecule has 2 atom stereocenters. The van der Waals surface area contributed by atoms with Crippen LogP contribution in [0.5, 0.6) is 0 Å². The maximum atomic E-state index is 12.4. The minimum Gasteiger partial charge on any atom is -0.466 e. The van der Waals surface area contributed by atoms with Crippen LogP contribution < -0.4 is 5.32 Å². The zero-order chi connectivity index (χ0) is 43.7. The number of rotatable bonds is 49. The van der Waals surface area contributed by atoms with Gasteiger partial charge in [-0.25, -0.2) is 0 Å². The highest BCUT2D eigenvalue weighted by Gasteiger charge is 2.18. The Morgan fingerprint density at radius 1 is 0.450 bits per heavy atom. The Balaban J connectivity index is 3.50. The molecule has 0 saturated heterocycles. The highest BCUT2D eigenvalue weighted by Crippen LogP contribution is 2.16. The number of aliphatic hydroxyl groups excluding tert-OH is 2. The molecule has 0 aromatic rings. The molecule has 0 aliphatic rings. The first-order valence-electron chi connectivity index (χ1n) is 26.6. The van der Waals surface area contributed by atoms with Gasteiger partial charge in [-0.15, -0.1) is 0 Å². The van der Waals surface area contributed by atoms with E-state index in [4.69, 9.17) is 4.74 Å². The van der Waals surface area contributed by atoms with Gasteiger partial charge in [0.2, 0.25) is 5.91 Å². The molecule has 0 fully saturated rings. The van der Waals surface area contributed by atoms with Crippen molar-refractivity contribution in [2.24, 2.45) is 0 Å². The van der Waals surface area contributed by atoms with Crippen LogP contribution in [0.2, 0.25) is 0 Å². The summed E-state index contributed by atoms with van der Waals surface area (Å²) in [6, 6.07) is -0.644. The number of carbonyl (C=O) groups excluding carboxylic acids is 2. The molecule has 0 bridgehead atoms. The lowest BCUT2D eigenvalue weighted by Gasteiger charge is -2.20. The van der Waals surface area contributed by atoms with E-state index in [0.29, 0.717) is 19.4 Å². The maximum Gasteiger partial charge on any atom is 0.305 e. The minimum atomic E-state index is -0.859. The average Bonchev–Trinajstić information content (AvgIpc) is 3.25. The zero-order valence-corrected chi connectivity index (χ0v) is 40.2. The molecular weight excluding hydrogens is 743 g/mol. The standard InChI is InChI=1S/C54H103NO5/c1-3-5-7-9-11-13-15-17-19-21-23-25-27-32-36-40-44-48-54(59)60-49-45-41-37-33-29-28-31-35-39-43-47-53(58)55-51(50-56)52(57)46-42-38-34-30-26-24-22-20-18-16-14-12-10-8-6-4-2/h17,19,42,46,51-52,56-57H,3-16,18,20-41,43-45,47-50H2,1-2H3,(H,55,58)/b19-17-,46-42+. The summed E-state index contributed by atoms with van der Waals surface area (Å²) in [6.07, 6.45) is 58.9. The van der Waals surface area contributed by atoms with Crippen molar-refractivity contribution in [2.75, 3.05) is 13.2 Å². The van der Waals surface area contributed by atoms with Crippen molar-refractivity contribution in [1.82, 2.24) is 5.32 Å². The van der Waals surface area contributed by atoms with E-state index in [1.54, 1.807) is 6.08 Å². The predicted octanol–water partition coefficient (Wildman–Crippen LogP) is 15.9. The van der Waals surface area contributed by atoms with Gasteiger partial charge in [-0.2, -0.15) is 0 Å². The summed E-state index contributed by atoms with van der Waals surface area (Å²) in [5.41, 5.74) is 0. The molecule has 0 rings (SSSR count). The average molecular weight is 846 g/mol. The monoisotopic (exact) mass is 846 g/mol. The van der Waals surface area contributed by atoms with Gasteiger partial charge in [0.25, 0.3) is 0 Å². The molecular formula is C54H103NO5. The van der Waals surface area contributed by atoms with Crippen molar-refractivity contribution in [3.05, 3.63) is 24.3 Å². The quantitative estimate of drug-likeness (QED) is 0.0322. The molecule has 3 N–H and O–H groups in total. The van der Waals surface area contributed by atoms with E-state index in [-0.39, 0.29) is 18.5 Å². The lowest BCUT2D eigenvalue weighted by Crippen LogP contribution is -2.45. The van der Waals surface area contributed by atoms with Crippen LogP contribution in [-0.2, 0) is 14.3 Å². The number of allylic oxidation sites excluding steroid dienone is 3. The molecule has 0 heterocycles. The summed E-state index contributed by atoms with van der Waals surface area (Å²) in [6.45, 7) is 4.85. The second kappa shape index (κ2) is 50.0. The smallest absolute Gasteiger partial charge is 0.305 e. The van der Waals surface area contributed by atoms with Crippen LogP contribution in [0.15, 0.2) is 24.3 Å². The Morgan fingerprint density at radius 2 is 0.783 bits per heavy atom. The number of esters is 1. The van der Waals surface area contributed by atoms with Gasteiger partial charge < -0.3 is 20.3 Å². The van der Waals surface area contributed by atoms with Crippen molar-refractivity contribution in [2.45, 2.75) is 296 Å². The van der Waals surface area contributed by atoms with Crippen molar-refractivity contribution >= 4 is 11.9 Å². The summed E-state index contributed by atoms with van der Waals surface area (Å²) >= 11 is 0. The van der Waals surface area contributed by atoms with Crippen LogP contribution in [0.1, 0.15) is 284 Å². The fourth-order valence-electron chi connectivity index (χ4n) is 8.10. The summed E-state index contributed by atoms with van der Waals surface area (Å²) in [5.74, 6) is -0.114. The Hall–Kier alpha value is -1.66. The van der Waals surface area contributed by atoms with Gasteiger partial charge in [-0.05, 0) is 57.8 Å². The maximum absolute atomic E-state index is 12.4. The van der Waals surface area contributed by atoms with Crippen molar-refractivity contribution in [3.63, 3.8) is 0 Å². The van der Waals surface area contributed by atoms with Crippen LogP contribution in [0.4, 0.5) is 0 Å². The number of unbranched alkanes of at least 4 members (excludes halogenated alkanes) is 36. The first kappa shape index (κ1) is 58.3. The largest absolute Gasteiger partial charge is 0.466 e. The second-order valence-corrected chi connectivity index (χ2v) is 18.2. The van der Waals surface area contributed by atoms with Gasteiger partial charge >= 0.3 is 5.97 Å². The van der Waals surface area contributed by atoms with E-state index in [2.05, 4.69) is 31.3 Å². The molecule has 354 valence electrons. The fourth-order valence-corrected chi connectivity index (χ4v) is 8.10. The third-order valence-electron chi connectivity index (χ3n) is 12.2. The fraction of sp³-hybridized carbons (Fsp3) is 0.889. The number of amides is 1. The Morgan fingerprint density at radius 3 is 1.18 bits per heavy atom. The third kappa shape index (κ3) is 45.9. The van der Waals surface area contributed by atoms with Crippen LogP contribution >= 0.6 is 0 Å². The molecule has 6 heteroatoms. The van der Waals surface area contributed by atoms with E-state index in [1.165, 1.54) is 199 Å². The SMILES string of the molecule is CCCCCCCC/C=C\CCCCCCCCCC(=O)OCCCCCCCCCCCCC(=O)NC(CO)C(O)/C=C/CCCCCCCCCCCCCCCC. The van der Waals surface area contributed by atoms with E-state index >= 15 is 0 Å². The minimum absolute atomic E-state index is 0.0241.